The Morgan fingerprint density at radius 3 is 2.44 bits per heavy atom. The first-order chi connectivity index (χ1) is 8.41. The van der Waals surface area contributed by atoms with Crippen molar-refractivity contribution in [1.82, 2.24) is 4.90 Å². The molecule has 0 bridgehead atoms. The SMILES string of the molecule is CC(O)CN(C(=O)Cc1ccccc1Cl)C(C)C. The Morgan fingerprint density at radius 1 is 1.33 bits per heavy atom. The van der Waals surface area contributed by atoms with Gasteiger partial charge >= 0.3 is 0 Å². The summed E-state index contributed by atoms with van der Waals surface area (Å²) in [4.78, 5) is 13.9. The van der Waals surface area contributed by atoms with Crippen molar-refractivity contribution in [3.63, 3.8) is 0 Å². The number of carbonyl (C=O) groups is 1. The maximum Gasteiger partial charge on any atom is 0.227 e. The summed E-state index contributed by atoms with van der Waals surface area (Å²) < 4.78 is 0. The lowest BCUT2D eigenvalue weighted by atomic mass is 10.1. The summed E-state index contributed by atoms with van der Waals surface area (Å²) in [5.41, 5.74) is 0.820. The second-order valence-corrected chi connectivity index (χ2v) is 5.16. The van der Waals surface area contributed by atoms with Crippen LogP contribution in [-0.2, 0) is 11.2 Å². The third-order valence-electron chi connectivity index (χ3n) is 2.70. The van der Waals surface area contributed by atoms with Crippen LogP contribution in [0.4, 0.5) is 0 Å². The summed E-state index contributed by atoms with van der Waals surface area (Å²) in [6.45, 7) is 5.90. The van der Waals surface area contributed by atoms with Crippen LogP contribution in [0.3, 0.4) is 0 Å². The molecule has 0 fully saturated rings. The standard InChI is InChI=1S/C14H20ClNO2/c1-10(2)16(9-11(3)17)14(18)8-12-6-4-5-7-13(12)15/h4-7,10-11,17H,8-9H2,1-3H3. The zero-order valence-corrected chi connectivity index (χ0v) is 11.8. The van der Waals surface area contributed by atoms with Gasteiger partial charge < -0.3 is 10.0 Å². The van der Waals surface area contributed by atoms with E-state index < -0.39 is 6.10 Å². The molecule has 0 radical (unpaired) electrons. The normalized spacial score (nSPS) is 12.6. The van der Waals surface area contributed by atoms with Gasteiger partial charge in [0.15, 0.2) is 0 Å². The van der Waals surface area contributed by atoms with Gasteiger partial charge in [-0.25, -0.2) is 0 Å². The molecule has 0 saturated carbocycles. The van der Waals surface area contributed by atoms with Gasteiger partial charge in [-0.2, -0.15) is 0 Å². The number of nitrogens with zero attached hydrogens (tertiary/aromatic N) is 1. The largest absolute Gasteiger partial charge is 0.392 e. The molecular formula is C14H20ClNO2. The van der Waals surface area contributed by atoms with Gasteiger partial charge in [0.2, 0.25) is 5.91 Å². The summed E-state index contributed by atoms with van der Waals surface area (Å²) in [6.07, 6.45) is -0.257. The van der Waals surface area contributed by atoms with Crippen molar-refractivity contribution in [3.05, 3.63) is 34.9 Å². The molecule has 0 aromatic heterocycles. The van der Waals surface area contributed by atoms with Gasteiger partial charge in [0.1, 0.15) is 0 Å². The molecule has 4 heteroatoms. The summed E-state index contributed by atoms with van der Waals surface area (Å²) in [5, 5.41) is 10.0. The van der Waals surface area contributed by atoms with Crippen molar-refractivity contribution in [2.45, 2.75) is 39.3 Å². The fourth-order valence-electron chi connectivity index (χ4n) is 1.79. The molecule has 18 heavy (non-hydrogen) atoms. The molecule has 1 N–H and O–H groups in total. The maximum absolute atomic E-state index is 12.2. The molecule has 0 heterocycles. The van der Waals surface area contributed by atoms with E-state index in [2.05, 4.69) is 0 Å². The Hall–Kier alpha value is -1.06. The number of aliphatic hydroxyl groups excluding tert-OH is 1. The third kappa shape index (κ3) is 4.31. The zero-order chi connectivity index (χ0) is 13.7. The molecular weight excluding hydrogens is 250 g/mol. The smallest absolute Gasteiger partial charge is 0.227 e. The number of rotatable bonds is 5. The minimum absolute atomic E-state index is 0.0148. The Bertz CT molecular complexity index is 405. The van der Waals surface area contributed by atoms with E-state index in [1.807, 2.05) is 32.0 Å². The molecule has 1 amide bonds. The highest BCUT2D eigenvalue weighted by molar-refractivity contribution is 6.31. The summed E-state index contributed by atoms with van der Waals surface area (Å²) in [6, 6.07) is 7.39. The minimum Gasteiger partial charge on any atom is -0.392 e. The lowest BCUT2D eigenvalue weighted by molar-refractivity contribution is -0.133. The van der Waals surface area contributed by atoms with E-state index in [0.29, 0.717) is 11.6 Å². The van der Waals surface area contributed by atoms with E-state index in [-0.39, 0.29) is 18.4 Å². The van der Waals surface area contributed by atoms with Crippen molar-refractivity contribution in [2.75, 3.05) is 6.54 Å². The van der Waals surface area contributed by atoms with Gasteiger partial charge in [-0.1, -0.05) is 29.8 Å². The summed E-state index contributed by atoms with van der Waals surface area (Å²) >= 11 is 6.04. The van der Waals surface area contributed by atoms with E-state index in [1.165, 1.54) is 0 Å². The summed E-state index contributed by atoms with van der Waals surface area (Å²) in [7, 11) is 0. The van der Waals surface area contributed by atoms with Gasteiger partial charge in [0.05, 0.1) is 12.5 Å². The van der Waals surface area contributed by atoms with Crippen molar-refractivity contribution in [3.8, 4) is 0 Å². The van der Waals surface area contributed by atoms with Crippen LogP contribution in [0, 0.1) is 0 Å². The van der Waals surface area contributed by atoms with Gasteiger partial charge in [-0.15, -0.1) is 0 Å². The quantitative estimate of drug-likeness (QED) is 0.892. The van der Waals surface area contributed by atoms with Crippen LogP contribution < -0.4 is 0 Å². The van der Waals surface area contributed by atoms with Crippen molar-refractivity contribution in [1.29, 1.82) is 0 Å². The number of benzene rings is 1. The molecule has 1 rings (SSSR count). The first-order valence-corrected chi connectivity index (χ1v) is 6.50. The fourth-order valence-corrected chi connectivity index (χ4v) is 1.99. The van der Waals surface area contributed by atoms with Crippen LogP contribution in [-0.4, -0.2) is 34.6 Å². The highest BCUT2D eigenvalue weighted by atomic mass is 35.5. The molecule has 0 aliphatic carbocycles. The van der Waals surface area contributed by atoms with Crippen LogP contribution >= 0.6 is 11.6 Å². The van der Waals surface area contributed by atoms with Gasteiger partial charge in [0, 0.05) is 17.6 Å². The van der Waals surface area contributed by atoms with Crippen LogP contribution in [0.25, 0.3) is 0 Å². The van der Waals surface area contributed by atoms with E-state index in [0.717, 1.165) is 5.56 Å². The number of hydrogen-bond acceptors (Lipinski definition) is 2. The monoisotopic (exact) mass is 269 g/mol. The summed E-state index contributed by atoms with van der Waals surface area (Å²) in [5.74, 6) is -0.0148. The highest BCUT2D eigenvalue weighted by Crippen LogP contribution is 2.17. The minimum atomic E-state index is -0.525. The van der Waals surface area contributed by atoms with Gasteiger partial charge in [-0.3, -0.25) is 4.79 Å². The molecule has 1 unspecified atom stereocenters. The molecule has 100 valence electrons. The van der Waals surface area contributed by atoms with Gasteiger partial charge in [0.25, 0.3) is 0 Å². The maximum atomic E-state index is 12.2. The Labute approximate surface area is 113 Å². The number of hydrogen-bond donors (Lipinski definition) is 1. The second-order valence-electron chi connectivity index (χ2n) is 4.76. The van der Waals surface area contributed by atoms with Crippen LogP contribution in [0.1, 0.15) is 26.3 Å². The van der Waals surface area contributed by atoms with Gasteiger partial charge in [-0.05, 0) is 32.4 Å². The number of halogens is 1. The lowest BCUT2D eigenvalue weighted by Crippen LogP contribution is -2.42. The molecule has 1 aromatic rings. The average Bonchev–Trinajstić information content (AvgIpc) is 2.28. The van der Waals surface area contributed by atoms with Crippen LogP contribution in [0.2, 0.25) is 5.02 Å². The number of carbonyl (C=O) groups excluding carboxylic acids is 1. The van der Waals surface area contributed by atoms with E-state index in [9.17, 15) is 9.90 Å². The van der Waals surface area contributed by atoms with E-state index in [4.69, 9.17) is 11.6 Å². The fraction of sp³-hybridized carbons (Fsp3) is 0.500. The zero-order valence-electron chi connectivity index (χ0n) is 11.1. The average molecular weight is 270 g/mol. The molecule has 0 aliphatic heterocycles. The number of aliphatic hydroxyl groups is 1. The Kier molecular flexibility index (Phi) is 5.63. The van der Waals surface area contributed by atoms with Crippen molar-refractivity contribution >= 4 is 17.5 Å². The van der Waals surface area contributed by atoms with Crippen molar-refractivity contribution in [2.24, 2.45) is 0 Å². The highest BCUT2D eigenvalue weighted by Gasteiger charge is 2.19. The van der Waals surface area contributed by atoms with Crippen LogP contribution in [0.15, 0.2) is 24.3 Å². The predicted molar refractivity (Wildman–Crippen MR) is 73.7 cm³/mol. The van der Waals surface area contributed by atoms with E-state index >= 15 is 0 Å². The Morgan fingerprint density at radius 2 is 1.94 bits per heavy atom. The molecule has 0 aliphatic rings. The van der Waals surface area contributed by atoms with Crippen LogP contribution in [0.5, 0.6) is 0 Å². The lowest BCUT2D eigenvalue weighted by Gasteiger charge is -2.28. The topological polar surface area (TPSA) is 40.5 Å². The van der Waals surface area contributed by atoms with E-state index in [1.54, 1.807) is 17.9 Å². The molecule has 3 nitrogen and oxygen atoms in total. The molecule has 0 spiro atoms. The predicted octanol–water partition coefficient (Wildman–Crippen LogP) is 2.50. The second kappa shape index (κ2) is 6.76. The molecule has 0 saturated heterocycles. The molecule has 1 atom stereocenters. The van der Waals surface area contributed by atoms with Crippen molar-refractivity contribution < 1.29 is 9.90 Å². The third-order valence-corrected chi connectivity index (χ3v) is 3.07. The first-order valence-electron chi connectivity index (χ1n) is 6.12. The first kappa shape index (κ1) is 15.0. The Balaban J connectivity index is 2.76. The number of amides is 1. The molecule has 1 aromatic carbocycles.